The monoisotopic (exact) mass is 307 g/mol. The van der Waals surface area contributed by atoms with E-state index in [0.717, 1.165) is 26.0 Å². The third-order valence-electron chi connectivity index (χ3n) is 3.66. The first-order chi connectivity index (χ1) is 10.7. The van der Waals surface area contributed by atoms with Crippen LogP contribution in [-0.4, -0.2) is 20.9 Å². The molecule has 0 unspecified atom stereocenters. The van der Waals surface area contributed by atoms with Crippen molar-refractivity contribution in [2.24, 2.45) is 12.0 Å². The van der Waals surface area contributed by atoms with Gasteiger partial charge in [0.1, 0.15) is 5.75 Å². The fourth-order valence-corrected chi connectivity index (χ4v) is 3.47. The molecular weight excluding hydrogens is 294 g/mol. The van der Waals surface area contributed by atoms with Gasteiger partial charge in [-0.3, -0.25) is 0 Å². The summed E-state index contributed by atoms with van der Waals surface area (Å²) in [6.07, 6.45) is 1.68. The van der Waals surface area contributed by atoms with Crippen molar-refractivity contribution in [2.45, 2.75) is 0 Å². The first-order valence-corrected chi connectivity index (χ1v) is 7.72. The lowest BCUT2D eigenvalue weighted by atomic mass is 10.2. The zero-order valence-electron chi connectivity index (χ0n) is 11.9. The van der Waals surface area contributed by atoms with Crippen LogP contribution in [0.2, 0.25) is 0 Å². The van der Waals surface area contributed by atoms with Gasteiger partial charge in [-0.05, 0) is 24.3 Å². The van der Waals surface area contributed by atoms with E-state index in [1.54, 1.807) is 6.21 Å². The molecule has 4 aromatic rings. The molecule has 0 fully saturated rings. The van der Waals surface area contributed by atoms with E-state index in [1.807, 2.05) is 60.1 Å². The van der Waals surface area contributed by atoms with Gasteiger partial charge in [0.2, 0.25) is 5.95 Å². The zero-order chi connectivity index (χ0) is 15.1. The maximum atomic E-state index is 10.3. The number of benzene rings is 2. The molecule has 2 aromatic heterocycles. The van der Waals surface area contributed by atoms with Gasteiger partial charge in [0.25, 0.3) is 0 Å². The van der Waals surface area contributed by atoms with Gasteiger partial charge in [-0.2, -0.15) is 0 Å². The lowest BCUT2D eigenvalue weighted by Gasteiger charge is -1.95. The molecular formula is C17H13N3OS. The molecule has 0 aliphatic rings. The number of aliphatic imine (C=N–C) groups is 1. The first-order valence-electron chi connectivity index (χ1n) is 6.90. The molecule has 108 valence electrons. The molecule has 0 bridgehead atoms. The Morgan fingerprint density at radius 1 is 1.14 bits per heavy atom. The van der Waals surface area contributed by atoms with E-state index in [9.17, 15) is 5.11 Å². The summed E-state index contributed by atoms with van der Waals surface area (Å²) in [6, 6.07) is 15.7. The van der Waals surface area contributed by atoms with Gasteiger partial charge in [-0.1, -0.05) is 24.3 Å². The number of aromatic nitrogens is 2. The van der Waals surface area contributed by atoms with Crippen molar-refractivity contribution in [3.05, 3.63) is 53.4 Å². The summed E-state index contributed by atoms with van der Waals surface area (Å²) < 4.78 is 2.99. The van der Waals surface area contributed by atoms with E-state index in [4.69, 9.17) is 0 Å². The van der Waals surface area contributed by atoms with Gasteiger partial charge in [0, 0.05) is 17.1 Å². The minimum absolute atomic E-state index is 0.281. The molecule has 0 saturated carbocycles. The highest BCUT2D eigenvalue weighted by molar-refractivity contribution is 7.21. The van der Waals surface area contributed by atoms with Crippen LogP contribution < -0.4 is 0 Å². The molecule has 0 aliphatic carbocycles. The van der Waals surface area contributed by atoms with Gasteiger partial charge in [0.15, 0.2) is 0 Å². The molecule has 0 radical (unpaired) electrons. The molecule has 0 saturated heterocycles. The molecule has 4 rings (SSSR count). The standard InChI is InChI=1S/C17H13N3OS/c1-20-13-8-4-3-7-12(13)19-17(20)18-10-15-16(21)11-6-2-5-9-14(11)22-15/h2-10,21H,1H3/b18-10+. The quantitative estimate of drug-likeness (QED) is 0.563. The van der Waals surface area contributed by atoms with Crippen molar-refractivity contribution >= 4 is 44.6 Å². The first kappa shape index (κ1) is 13.0. The van der Waals surface area contributed by atoms with Gasteiger partial charge < -0.3 is 9.67 Å². The number of hydrogen-bond acceptors (Lipinski definition) is 4. The SMILES string of the molecule is Cn1c(/N=C/c2sc3ccccc3c2O)nc2ccccc21. The van der Waals surface area contributed by atoms with Crippen LogP contribution in [0.5, 0.6) is 5.75 Å². The third kappa shape index (κ3) is 1.98. The Bertz CT molecular complexity index is 931. The van der Waals surface area contributed by atoms with Crippen molar-refractivity contribution in [1.29, 1.82) is 0 Å². The second-order valence-electron chi connectivity index (χ2n) is 5.03. The molecule has 22 heavy (non-hydrogen) atoms. The summed E-state index contributed by atoms with van der Waals surface area (Å²) in [5, 5.41) is 11.1. The van der Waals surface area contributed by atoms with E-state index in [1.165, 1.54) is 11.3 Å². The summed E-state index contributed by atoms with van der Waals surface area (Å²) in [5.41, 5.74) is 1.95. The summed E-state index contributed by atoms with van der Waals surface area (Å²) in [6.45, 7) is 0. The lowest BCUT2D eigenvalue weighted by molar-refractivity contribution is 0.483. The van der Waals surface area contributed by atoms with E-state index in [2.05, 4.69) is 9.98 Å². The lowest BCUT2D eigenvalue weighted by Crippen LogP contribution is -1.86. The average molecular weight is 307 g/mol. The van der Waals surface area contributed by atoms with E-state index < -0.39 is 0 Å². The maximum Gasteiger partial charge on any atom is 0.230 e. The fourth-order valence-electron chi connectivity index (χ4n) is 2.50. The number of fused-ring (bicyclic) bond motifs is 2. The number of aromatic hydroxyl groups is 1. The minimum atomic E-state index is 0.281. The second kappa shape index (κ2) is 4.96. The van der Waals surface area contributed by atoms with E-state index in [-0.39, 0.29) is 5.75 Å². The summed E-state index contributed by atoms with van der Waals surface area (Å²) in [7, 11) is 1.94. The Labute approximate surface area is 131 Å². The Morgan fingerprint density at radius 3 is 2.73 bits per heavy atom. The number of nitrogens with zero attached hydrogens (tertiary/aromatic N) is 3. The minimum Gasteiger partial charge on any atom is -0.506 e. The Morgan fingerprint density at radius 2 is 1.91 bits per heavy atom. The molecule has 0 spiro atoms. The van der Waals surface area contributed by atoms with Crippen molar-refractivity contribution in [3.63, 3.8) is 0 Å². The van der Waals surface area contributed by atoms with Gasteiger partial charge in [0.05, 0.1) is 22.1 Å². The summed E-state index contributed by atoms with van der Waals surface area (Å²) in [5.74, 6) is 0.904. The molecule has 0 amide bonds. The normalized spacial score (nSPS) is 11.9. The topological polar surface area (TPSA) is 50.4 Å². The van der Waals surface area contributed by atoms with Crippen LogP contribution in [0.4, 0.5) is 5.95 Å². The van der Waals surface area contributed by atoms with Crippen molar-refractivity contribution in [3.8, 4) is 5.75 Å². The van der Waals surface area contributed by atoms with Crippen molar-refractivity contribution < 1.29 is 5.11 Å². The van der Waals surface area contributed by atoms with Crippen LogP contribution in [0.15, 0.2) is 53.5 Å². The van der Waals surface area contributed by atoms with E-state index >= 15 is 0 Å². The second-order valence-corrected chi connectivity index (χ2v) is 6.11. The zero-order valence-corrected chi connectivity index (χ0v) is 12.7. The number of aryl methyl sites for hydroxylation is 1. The highest BCUT2D eigenvalue weighted by Crippen LogP contribution is 2.35. The fraction of sp³-hybridized carbons (Fsp3) is 0.0588. The van der Waals surface area contributed by atoms with Gasteiger partial charge in [-0.25, -0.2) is 9.98 Å². The molecule has 0 aliphatic heterocycles. The number of rotatable bonds is 2. The molecule has 5 heteroatoms. The number of hydrogen-bond donors (Lipinski definition) is 1. The predicted octanol–water partition coefficient (Wildman–Crippen LogP) is 4.24. The molecule has 2 heterocycles. The molecule has 2 aromatic carbocycles. The van der Waals surface area contributed by atoms with Crippen LogP contribution in [0.3, 0.4) is 0 Å². The van der Waals surface area contributed by atoms with Crippen molar-refractivity contribution in [2.75, 3.05) is 0 Å². The smallest absolute Gasteiger partial charge is 0.230 e. The molecule has 1 N–H and O–H groups in total. The summed E-state index contributed by atoms with van der Waals surface area (Å²) >= 11 is 1.52. The van der Waals surface area contributed by atoms with Crippen LogP contribution in [-0.2, 0) is 7.05 Å². The molecule has 4 nitrogen and oxygen atoms in total. The van der Waals surface area contributed by atoms with Crippen LogP contribution in [0.1, 0.15) is 4.88 Å². The van der Waals surface area contributed by atoms with Gasteiger partial charge >= 0.3 is 0 Å². The largest absolute Gasteiger partial charge is 0.506 e. The highest BCUT2D eigenvalue weighted by Gasteiger charge is 2.10. The van der Waals surface area contributed by atoms with Gasteiger partial charge in [-0.15, -0.1) is 11.3 Å². The maximum absolute atomic E-state index is 10.3. The molecule has 0 atom stereocenters. The van der Waals surface area contributed by atoms with Crippen LogP contribution >= 0.6 is 11.3 Å². The third-order valence-corrected chi connectivity index (χ3v) is 4.75. The van der Waals surface area contributed by atoms with E-state index in [0.29, 0.717) is 5.95 Å². The van der Waals surface area contributed by atoms with Crippen LogP contribution in [0, 0.1) is 0 Å². The highest BCUT2D eigenvalue weighted by atomic mass is 32.1. The number of thiophene rings is 1. The Kier molecular flexibility index (Phi) is 2.94. The summed E-state index contributed by atoms with van der Waals surface area (Å²) in [4.78, 5) is 9.69. The number of imidazole rings is 1. The van der Waals surface area contributed by atoms with Crippen molar-refractivity contribution in [1.82, 2.24) is 9.55 Å². The Hall–Kier alpha value is -2.66. The number of para-hydroxylation sites is 2. The average Bonchev–Trinajstić information content (AvgIpc) is 3.04. The van der Waals surface area contributed by atoms with Crippen LogP contribution in [0.25, 0.3) is 21.1 Å². The predicted molar refractivity (Wildman–Crippen MR) is 91.5 cm³/mol. The Balaban J connectivity index is 1.79.